The monoisotopic (exact) mass is 652 g/mol. The Morgan fingerprint density at radius 2 is 1.59 bits per heavy atom. The van der Waals surface area contributed by atoms with Crippen LogP contribution < -0.4 is 10.6 Å². The van der Waals surface area contributed by atoms with Gasteiger partial charge in [-0.2, -0.15) is 9.97 Å². The average Bonchev–Trinajstić information content (AvgIpc) is 3.52. The fraction of sp³-hybridized carbons (Fsp3) is 0.647. The van der Waals surface area contributed by atoms with E-state index in [1.807, 2.05) is 4.57 Å². The highest BCUT2D eigenvalue weighted by molar-refractivity contribution is 7.91. The van der Waals surface area contributed by atoms with Crippen LogP contribution in [0.25, 0.3) is 11.2 Å². The third kappa shape index (κ3) is 8.43. The van der Waals surface area contributed by atoms with Gasteiger partial charge in [-0.05, 0) is 88.5 Å². The minimum Gasteiger partial charge on any atom is -0.370 e. The predicted octanol–water partition coefficient (Wildman–Crippen LogP) is 6.88. The van der Waals surface area contributed by atoms with E-state index in [9.17, 15) is 13.2 Å². The topological polar surface area (TPSA) is 137 Å². The average molecular weight is 653 g/mol. The molecule has 2 aliphatic heterocycles. The number of benzene rings is 1. The van der Waals surface area contributed by atoms with Crippen LogP contribution in [0.15, 0.2) is 35.5 Å². The number of rotatable bonds is 14. The molecular formula is C34H48N6O5S. The Kier molecular flexibility index (Phi) is 11.2. The first-order valence-electron chi connectivity index (χ1n) is 17.3. The number of ketones is 1. The molecule has 2 saturated heterocycles. The Morgan fingerprint density at radius 1 is 0.848 bits per heavy atom. The Labute approximate surface area is 272 Å². The highest BCUT2D eigenvalue weighted by atomic mass is 32.2. The van der Waals surface area contributed by atoms with Crippen molar-refractivity contribution in [3.63, 3.8) is 0 Å². The first-order chi connectivity index (χ1) is 22.5. The quantitative estimate of drug-likeness (QED) is 0.177. The number of unbranched alkanes of at least 4 members (excludes halogenated alkanes) is 3. The summed E-state index contributed by atoms with van der Waals surface area (Å²) >= 11 is 0. The third-order valence-electron chi connectivity index (χ3n) is 9.43. The zero-order valence-corrected chi connectivity index (χ0v) is 27.6. The summed E-state index contributed by atoms with van der Waals surface area (Å²) in [5.41, 5.74) is 2.15. The van der Waals surface area contributed by atoms with Crippen molar-refractivity contribution in [2.45, 2.75) is 126 Å². The van der Waals surface area contributed by atoms with Gasteiger partial charge in [0.1, 0.15) is 12.3 Å². The third-order valence-corrected chi connectivity index (χ3v) is 11.2. The second-order valence-electron chi connectivity index (χ2n) is 13.0. The first-order valence-corrected chi connectivity index (χ1v) is 19.0. The van der Waals surface area contributed by atoms with Crippen LogP contribution >= 0.6 is 0 Å². The lowest BCUT2D eigenvalue weighted by atomic mass is 9.95. The van der Waals surface area contributed by atoms with E-state index in [2.05, 4.69) is 10.6 Å². The summed E-state index contributed by atoms with van der Waals surface area (Å²) in [5.74, 6) is 1.40. The molecule has 46 heavy (non-hydrogen) atoms. The van der Waals surface area contributed by atoms with Gasteiger partial charge in [0.25, 0.3) is 0 Å². The molecule has 2 aromatic heterocycles. The lowest BCUT2D eigenvalue weighted by Crippen LogP contribution is -2.27. The molecule has 0 amide bonds. The highest BCUT2D eigenvalue weighted by Crippen LogP contribution is 2.31. The number of aromatic nitrogens is 4. The number of sulfone groups is 1. The largest absolute Gasteiger partial charge is 0.370 e. The Balaban J connectivity index is 1.07. The van der Waals surface area contributed by atoms with Crippen molar-refractivity contribution >= 4 is 44.2 Å². The molecule has 11 nitrogen and oxygen atoms in total. The summed E-state index contributed by atoms with van der Waals surface area (Å²) < 4.78 is 39.7. The number of ether oxygens (including phenoxy) is 2. The van der Waals surface area contributed by atoms with E-state index in [1.54, 1.807) is 30.6 Å². The fourth-order valence-corrected chi connectivity index (χ4v) is 8.13. The second kappa shape index (κ2) is 15.7. The molecule has 12 heteroatoms. The SMILES string of the molecule is O=C(CCCCCCS(=O)(=O)c1ccc(Nc2nc(NC3CCCCC3)c3ncn(C4CCCCO4)c3n2)cc1)C1CCCCO1. The summed E-state index contributed by atoms with van der Waals surface area (Å²) in [5, 5.41) is 6.93. The van der Waals surface area contributed by atoms with E-state index >= 15 is 0 Å². The van der Waals surface area contributed by atoms with Crippen LogP contribution in [0, 0.1) is 0 Å². The molecule has 4 heterocycles. The van der Waals surface area contributed by atoms with Crippen LogP contribution in [0.3, 0.4) is 0 Å². The number of carbonyl (C=O) groups is 1. The molecule has 0 bridgehead atoms. The van der Waals surface area contributed by atoms with E-state index in [-0.39, 0.29) is 23.9 Å². The maximum Gasteiger partial charge on any atom is 0.231 e. The van der Waals surface area contributed by atoms with Gasteiger partial charge >= 0.3 is 0 Å². The van der Waals surface area contributed by atoms with Crippen LogP contribution in [0.1, 0.15) is 109 Å². The molecule has 3 fully saturated rings. The van der Waals surface area contributed by atoms with Crippen molar-refractivity contribution in [2.24, 2.45) is 0 Å². The number of carbonyl (C=O) groups excluding carboxylic acids is 1. The van der Waals surface area contributed by atoms with Crippen molar-refractivity contribution < 1.29 is 22.7 Å². The Bertz CT molecular complexity index is 1540. The number of nitrogens with one attached hydrogen (secondary N) is 2. The fourth-order valence-electron chi connectivity index (χ4n) is 6.76. The van der Waals surface area contributed by atoms with Gasteiger partial charge in [0.2, 0.25) is 5.95 Å². The number of Topliss-reactive ketones (excluding diaryl/α,β-unsaturated/α-hetero) is 1. The number of hydrogen-bond donors (Lipinski definition) is 2. The molecule has 250 valence electrons. The molecule has 2 N–H and O–H groups in total. The minimum absolute atomic E-state index is 0.0860. The van der Waals surface area contributed by atoms with Gasteiger partial charge in [-0.3, -0.25) is 9.36 Å². The normalized spacial score (nSPS) is 21.3. The number of nitrogens with zero attached hydrogens (tertiary/aromatic N) is 4. The van der Waals surface area contributed by atoms with Gasteiger partial charge in [-0.25, -0.2) is 13.4 Å². The number of anilines is 3. The molecule has 3 aromatic rings. The summed E-state index contributed by atoms with van der Waals surface area (Å²) in [4.78, 5) is 27.0. The van der Waals surface area contributed by atoms with Crippen molar-refractivity contribution in [3.05, 3.63) is 30.6 Å². The van der Waals surface area contributed by atoms with Gasteiger partial charge in [-0.1, -0.05) is 32.1 Å². The standard InChI is InChI=1S/C34H48N6O5S/c41-28(29-15-7-9-21-44-29)14-6-1-2-11-23-46(42,43)27-19-17-26(18-20-27)37-34-38-32(36-25-12-4-3-5-13-25)31-33(39-34)40(24-35-31)30-16-8-10-22-45-30/h17-20,24-25,29-30H,1-16,21-23H2,(H2,36,37,38,39). The van der Waals surface area contributed by atoms with Crippen LogP contribution in [0.2, 0.25) is 0 Å². The Morgan fingerprint density at radius 3 is 2.33 bits per heavy atom. The van der Waals surface area contributed by atoms with Crippen LogP contribution in [-0.4, -0.2) is 64.8 Å². The van der Waals surface area contributed by atoms with Gasteiger partial charge in [-0.15, -0.1) is 0 Å². The van der Waals surface area contributed by atoms with E-state index in [1.165, 1.54) is 19.3 Å². The number of imidazole rings is 1. The molecule has 1 aliphatic carbocycles. The summed E-state index contributed by atoms with van der Waals surface area (Å²) in [6, 6.07) is 7.14. The lowest BCUT2D eigenvalue weighted by Gasteiger charge is -2.25. The van der Waals surface area contributed by atoms with Gasteiger partial charge in [0.05, 0.1) is 17.0 Å². The first kappa shape index (κ1) is 32.8. The predicted molar refractivity (Wildman–Crippen MR) is 178 cm³/mol. The van der Waals surface area contributed by atoms with Crippen LogP contribution in [0.5, 0.6) is 0 Å². The highest BCUT2D eigenvalue weighted by Gasteiger charge is 2.24. The Hall–Kier alpha value is -3.09. The molecule has 6 rings (SSSR count). The molecule has 3 aliphatic rings. The maximum absolute atomic E-state index is 13.0. The molecular weight excluding hydrogens is 604 g/mol. The molecule has 1 saturated carbocycles. The van der Waals surface area contributed by atoms with Crippen molar-refractivity contribution in [1.82, 2.24) is 19.5 Å². The summed E-state index contributed by atoms with van der Waals surface area (Å²) in [7, 11) is -3.41. The summed E-state index contributed by atoms with van der Waals surface area (Å²) in [6.45, 7) is 1.40. The lowest BCUT2D eigenvalue weighted by molar-refractivity contribution is -0.133. The molecule has 2 atom stereocenters. The van der Waals surface area contributed by atoms with E-state index in [4.69, 9.17) is 24.4 Å². The maximum atomic E-state index is 13.0. The van der Waals surface area contributed by atoms with Crippen LogP contribution in [-0.2, 0) is 24.1 Å². The van der Waals surface area contributed by atoms with Gasteiger partial charge < -0.3 is 20.1 Å². The van der Waals surface area contributed by atoms with E-state index in [0.717, 1.165) is 82.8 Å². The van der Waals surface area contributed by atoms with Crippen molar-refractivity contribution in [1.29, 1.82) is 0 Å². The van der Waals surface area contributed by atoms with E-state index in [0.29, 0.717) is 53.5 Å². The number of fused-ring (bicyclic) bond motifs is 1. The zero-order valence-electron chi connectivity index (χ0n) is 26.8. The van der Waals surface area contributed by atoms with Gasteiger partial charge in [0.15, 0.2) is 32.6 Å². The van der Waals surface area contributed by atoms with Crippen molar-refractivity contribution in [3.8, 4) is 0 Å². The number of hydrogen-bond acceptors (Lipinski definition) is 10. The van der Waals surface area contributed by atoms with Gasteiger partial charge in [0, 0.05) is 31.4 Å². The van der Waals surface area contributed by atoms with Crippen LogP contribution in [0.4, 0.5) is 17.5 Å². The summed E-state index contributed by atoms with van der Waals surface area (Å²) in [6.07, 6.45) is 16.8. The minimum atomic E-state index is -3.41. The zero-order chi connectivity index (χ0) is 31.8. The second-order valence-corrected chi connectivity index (χ2v) is 15.1. The van der Waals surface area contributed by atoms with Crippen molar-refractivity contribution in [2.75, 3.05) is 29.6 Å². The van der Waals surface area contributed by atoms with E-state index < -0.39 is 9.84 Å². The molecule has 0 radical (unpaired) electrons. The smallest absolute Gasteiger partial charge is 0.231 e. The molecule has 2 unspecified atom stereocenters. The molecule has 0 spiro atoms. The molecule has 1 aromatic carbocycles.